The van der Waals surface area contributed by atoms with Crippen LogP contribution in [0.2, 0.25) is 0 Å². The standard InChI is InChI=1S/C10H11BrF2O2S/c1-7(5-11)6-16(14,15)10-4-8(12)2-3-9(10)13/h2-4,7H,5-6H2,1H3. The highest BCUT2D eigenvalue weighted by molar-refractivity contribution is 9.09. The monoisotopic (exact) mass is 312 g/mol. The van der Waals surface area contributed by atoms with E-state index >= 15 is 0 Å². The van der Waals surface area contributed by atoms with E-state index in [1.807, 2.05) is 0 Å². The van der Waals surface area contributed by atoms with Crippen LogP contribution in [0.25, 0.3) is 0 Å². The second-order valence-corrected chi connectivity index (χ2v) is 6.27. The van der Waals surface area contributed by atoms with Crippen molar-refractivity contribution in [3.63, 3.8) is 0 Å². The fourth-order valence-electron chi connectivity index (χ4n) is 1.22. The molecule has 0 fully saturated rings. The Kier molecular flexibility index (Phi) is 4.43. The Labute approximate surface area is 102 Å². The Morgan fingerprint density at radius 3 is 2.56 bits per heavy atom. The van der Waals surface area contributed by atoms with E-state index in [9.17, 15) is 17.2 Å². The lowest BCUT2D eigenvalue weighted by atomic mass is 10.3. The maximum Gasteiger partial charge on any atom is 0.181 e. The molecule has 0 aliphatic rings. The first kappa shape index (κ1) is 13.6. The Balaban J connectivity index is 3.12. The van der Waals surface area contributed by atoms with Gasteiger partial charge in [0.25, 0.3) is 0 Å². The van der Waals surface area contributed by atoms with E-state index in [2.05, 4.69) is 15.9 Å². The molecule has 90 valence electrons. The lowest BCUT2D eigenvalue weighted by Gasteiger charge is -2.09. The van der Waals surface area contributed by atoms with Crippen LogP contribution in [0.1, 0.15) is 6.92 Å². The van der Waals surface area contributed by atoms with Crippen LogP contribution in [-0.2, 0) is 9.84 Å². The molecular formula is C10H11BrF2O2S. The Hall–Kier alpha value is -0.490. The zero-order valence-corrected chi connectivity index (χ0v) is 11.0. The average molecular weight is 313 g/mol. The Bertz CT molecular complexity index is 474. The minimum absolute atomic E-state index is 0.160. The number of halogens is 3. The third-order valence-corrected chi connectivity index (χ3v) is 5.09. The van der Waals surface area contributed by atoms with Gasteiger partial charge in [0.2, 0.25) is 0 Å². The molecule has 16 heavy (non-hydrogen) atoms. The van der Waals surface area contributed by atoms with E-state index in [0.717, 1.165) is 12.1 Å². The van der Waals surface area contributed by atoms with Crippen LogP contribution in [0.4, 0.5) is 8.78 Å². The number of hydrogen-bond acceptors (Lipinski definition) is 2. The molecule has 2 nitrogen and oxygen atoms in total. The summed E-state index contributed by atoms with van der Waals surface area (Å²) in [5, 5.41) is 0.489. The maximum absolute atomic E-state index is 13.3. The van der Waals surface area contributed by atoms with Crippen molar-refractivity contribution in [2.24, 2.45) is 5.92 Å². The Morgan fingerprint density at radius 1 is 1.38 bits per heavy atom. The Morgan fingerprint density at radius 2 is 2.00 bits per heavy atom. The van der Waals surface area contributed by atoms with Crippen LogP contribution >= 0.6 is 15.9 Å². The lowest BCUT2D eigenvalue weighted by Crippen LogP contribution is -2.16. The highest BCUT2D eigenvalue weighted by Gasteiger charge is 2.22. The molecule has 0 spiro atoms. The van der Waals surface area contributed by atoms with Gasteiger partial charge < -0.3 is 0 Å². The number of rotatable bonds is 4. The highest BCUT2D eigenvalue weighted by atomic mass is 79.9. The summed E-state index contributed by atoms with van der Waals surface area (Å²) in [6, 6.07) is 2.43. The van der Waals surface area contributed by atoms with Gasteiger partial charge in [-0.25, -0.2) is 17.2 Å². The molecule has 0 N–H and O–H groups in total. The van der Waals surface area contributed by atoms with E-state index in [1.165, 1.54) is 0 Å². The molecule has 1 aromatic rings. The second-order valence-electron chi connectivity index (χ2n) is 3.62. The number of hydrogen-bond donors (Lipinski definition) is 0. The van der Waals surface area contributed by atoms with Crippen molar-refractivity contribution in [2.45, 2.75) is 11.8 Å². The van der Waals surface area contributed by atoms with Gasteiger partial charge in [0.15, 0.2) is 9.84 Å². The highest BCUT2D eigenvalue weighted by Crippen LogP contribution is 2.19. The van der Waals surface area contributed by atoms with Gasteiger partial charge in [-0.15, -0.1) is 0 Å². The molecule has 1 aromatic carbocycles. The van der Waals surface area contributed by atoms with Crippen LogP contribution in [-0.4, -0.2) is 19.5 Å². The van der Waals surface area contributed by atoms with Gasteiger partial charge in [-0.3, -0.25) is 0 Å². The van der Waals surface area contributed by atoms with Gasteiger partial charge in [-0.1, -0.05) is 22.9 Å². The van der Waals surface area contributed by atoms with Gasteiger partial charge in [0.05, 0.1) is 5.75 Å². The summed E-state index contributed by atoms with van der Waals surface area (Å²) in [5.74, 6) is -2.04. The van der Waals surface area contributed by atoms with Gasteiger partial charge in [-0.2, -0.15) is 0 Å². The molecular weight excluding hydrogens is 302 g/mol. The summed E-state index contributed by atoms with van der Waals surface area (Å²) in [5.41, 5.74) is 0. The van der Waals surface area contributed by atoms with Crippen molar-refractivity contribution in [2.75, 3.05) is 11.1 Å². The lowest BCUT2D eigenvalue weighted by molar-refractivity contribution is 0.548. The van der Waals surface area contributed by atoms with Crippen LogP contribution in [0.3, 0.4) is 0 Å². The number of benzene rings is 1. The summed E-state index contributed by atoms with van der Waals surface area (Å²) in [4.78, 5) is -0.569. The van der Waals surface area contributed by atoms with Crippen molar-refractivity contribution >= 4 is 25.8 Å². The van der Waals surface area contributed by atoms with Crippen LogP contribution in [0, 0.1) is 17.6 Å². The van der Waals surface area contributed by atoms with Gasteiger partial charge in [0.1, 0.15) is 16.5 Å². The fraction of sp³-hybridized carbons (Fsp3) is 0.400. The van der Waals surface area contributed by atoms with Crippen molar-refractivity contribution < 1.29 is 17.2 Å². The van der Waals surface area contributed by atoms with E-state index in [4.69, 9.17) is 0 Å². The molecule has 0 heterocycles. The molecule has 0 bridgehead atoms. The summed E-state index contributed by atoms with van der Waals surface area (Å²) in [6.45, 7) is 1.71. The van der Waals surface area contributed by atoms with Crippen LogP contribution in [0.15, 0.2) is 23.1 Å². The predicted molar refractivity (Wildman–Crippen MR) is 61.4 cm³/mol. The number of alkyl halides is 1. The molecule has 1 unspecified atom stereocenters. The van der Waals surface area contributed by atoms with E-state index in [1.54, 1.807) is 6.92 Å². The second kappa shape index (κ2) is 5.23. The maximum atomic E-state index is 13.3. The fourth-order valence-corrected chi connectivity index (χ4v) is 3.46. The molecule has 6 heteroatoms. The predicted octanol–water partition coefficient (Wildman–Crippen LogP) is 2.77. The number of sulfone groups is 1. The normalized spacial score (nSPS) is 13.8. The SMILES string of the molecule is CC(CBr)CS(=O)(=O)c1cc(F)ccc1F. The summed E-state index contributed by atoms with van der Waals surface area (Å²) < 4.78 is 49.6. The zero-order valence-electron chi connectivity index (χ0n) is 8.58. The molecule has 1 rings (SSSR count). The summed E-state index contributed by atoms with van der Waals surface area (Å²) in [7, 11) is -3.77. The average Bonchev–Trinajstić information content (AvgIpc) is 2.20. The van der Waals surface area contributed by atoms with E-state index in [-0.39, 0.29) is 11.7 Å². The molecule has 0 aromatic heterocycles. The largest absolute Gasteiger partial charge is 0.224 e. The third kappa shape index (κ3) is 3.25. The molecule has 0 saturated carbocycles. The minimum Gasteiger partial charge on any atom is -0.224 e. The first-order chi connectivity index (χ1) is 7.36. The first-order valence-electron chi connectivity index (χ1n) is 4.60. The van der Waals surface area contributed by atoms with Crippen molar-refractivity contribution in [3.05, 3.63) is 29.8 Å². The van der Waals surface area contributed by atoms with Crippen molar-refractivity contribution in [1.82, 2.24) is 0 Å². The molecule has 0 aliphatic heterocycles. The summed E-state index contributed by atoms with van der Waals surface area (Å²) >= 11 is 3.14. The van der Waals surface area contributed by atoms with E-state index in [0.29, 0.717) is 11.4 Å². The zero-order chi connectivity index (χ0) is 12.3. The van der Waals surface area contributed by atoms with Crippen molar-refractivity contribution in [1.29, 1.82) is 0 Å². The van der Waals surface area contributed by atoms with Crippen LogP contribution < -0.4 is 0 Å². The molecule has 0 amide bonds. The molecule has 0 radical (unpaired) electrons. The topological polar surface area (TPSA) is 34.1 Å². The third-order valence-electron chi connectivity index (χ3n) is 2.00. The van der Waals surface area contributed by atoms with E-state index < -0.39 is 26.4 Å². The minimum atomic E-state index is -3.77. The van der Waals surface area contributed by atoms with Gasteiger partial charge in [-0.05, 0) is 24.1 Å². The van der Waals surface area contributed by atoms with Gasteiger partial charge in [0, 0.05) is 5.33 Å². The summed E-state index contributed by atoms with van der Waals surface area (Å²) in [6.07, 6.45) is 0. The van der Waals surface area contributed by atoms with Crippen molar-refractivity contribution in [3.8, 4) is 0 Å². The van der Waals surface area contributed by atoms with Crippen LogP contribution in [0.5, 0.6) is 0 Å². The molecule has 1 atom stereocenters. The quantitative estimate of drug-likeness (QED) is 0.801. The van der Waals surface area contributed by atoms with Gasteiger partial charge >= 0.3 is 0 Å². The molecule has 0 aliphatic carbocycles. The first-order valence-corrected chi connectivity index (χ1v) is 7.38. The molecule has 0 saturated heterocycles. The smallest absolute Gasteiger partial charge is 0.181 e.